The van der Waals surface area contributed by atoms with Crippen LogP contribution in [-0.2, 0) is 0 Å². The van der Waals surface area contributed by atoms with Crippen molar-refractivity contribution in [3.05, 3.63) is 17.7 Å². The number of halogens is 2. The van der Waals surface area contributed by atoms with Gasteiger partial charge in [-0.1, -0.05) is 56.5 Å². The molecule has 14 heteroatoms. The Hall–Kier alpha value is -0.0800. The Labute approximate surface area is 236 Å². The number of aryl methyl sites for hydroxylation is 2. The van der Waals surface area contributed by atoms with E-state index in [2.05, 4.69) is 33.3 Å². The van der Waals surface area contributed by atoms with Crippen molar-refractivity contribution in [2.24, 2.45) is 10.3 Å². The van der Waals surface area contributed by atoms with E-state index in [1.807, 2.05) is 0 Å². The first kappa shape index (κ1) is 30.1. The summed E-state index contributed by atoms with van der Waals surface area (Å²) in [6.07, 6.45) is 7.60. The Morgan fingerprint density at radius 2 is 1.00 bits per heavy atom. The maximum atomic E-state index is 9.75. The molecular formula is C20H28Cl2N4O2S6. The van der Waals surface area contributed by atoms with E-state index in [1.165, 1.54) is 79.8 Å². The van der Waals surface area contributed by atoms with Crippen LogP contribution in [0.3, 0.4) is 0 Å². The molecule has 0 bridgehead atoms. The minimum atomic E-state index is 0. The van der Waals surface area contributed by atoms with Gasteiger partial charge in [-0.05, 0) is 49.4 Å². The summed E-state index contributed by atoms with van der Waals surface area (Å²) in [6, 6.07) is 0. The third-order valence-corrected chi connectivity index (χ3v) is 13.7. The van der Waals surface area contributed by atoms with Crippen LogP contribution < -0.4 is 41.9 Å². The van der Waals surface area contributed by atoms with Gasteiger partial charge in [-0.15, -0.1) is 0 Å². The molecule has 4 heterocycles. The van der Waals surface area contributed by atoms with Crippen LogP contribution in [0.25, 0.3) is 0 Å². The number of hydrogen-bond donors (Lipinski definition) is 2. The van der Waals surface area contributed by atoms with E-state index >= 15 is 0 Å². The minimum absolute atomic E-state index is 0. The normalized spacial score (nSPS) is 17.4. The first-order valence-electron chi connectivity index (χ1n) is 10.8. The highest BCUT2D eigenvalue weighted by Gasteiger charge is 2.23. The van der Waals surface area contributed by atoms with Crippen LogP contribution in [0, 0.1) is 13.8 Å². The predicted octanol–water partition coefficient (Wildman–Crippen LogP) is -1.07. The van der Waals surface area contributed by atoms with Gasteiger partial charge in [-0.2, -0.15) is 0 Å². The van der Waals surface area contributed by atoms with E-state index in [1.54, 1.807) is 45.3 Å². The molecular weight excluding hydrogens is 592 g/mol. The topological polar surface area (TPSA) is 71.2 Å². The van der Waals surface area contributed by atoms with Gasteiger partial charge in [0.25, 0.3) is 0 Å². The van der Waals surface area contributed by atoms with Crippen LogP contribution in [-0.4, -0.2) is 46.7 Å². The van der Waals surface area contributed by atoms with Gasteiger partial charge in [-0.25, -0.2) is 9.15 Å². The zero-order valence-corrected chi connectivity index (χ0v) is 25.4. The summed E-state index contributed by atoms with van der Waals surface area (Å²) in [5.41, 5.74) is 0. The Balaban J connectivity index is 0.00000204. The molecule has 0 amide bonds. The molecule has 2 aliphatic rings. The maximum Gasteiger partial charge on any atom is 0.315 e. The summed E-state index contributed by atoms with van der Waals surface area (Å²) in [4.78, 5) is 2.40. The molecule has 2 aromatic heterocycles. The van der Waals surface area contributed by atoms with Gasteiger partial charge in [0.2, 0.25) is 0 Å². The minimum Gasteiger partial charge on any atom is -1.00 e. The first-order valence-corrected chi connectivity index (χ1v) is 15.7. The van der Waals surface area contributed by atoms with Gasteiger partial charge in [-0.3, -0.25) is 0 Å². The van der Waals surface area contributed by atoms with Crippen molar-refractivity contribution in [2.45, 2.75) is 60.8 Å². The average Bonchev–Trinajstić information content (AvgIpc) is 3.39. The number of nitrogens with zero attached hydrogens (tertiary/aromatic N) is 4. The Bertz CT molecular complexity index is 1060. The van der Waals surface area contributed by atoms with E-state index < -0.39 is 0 Å². The van der Waals surface area contributed by atoms with Gasteiger partial charge in [0.1, 0.15) is 26.2 Å². The quantitative estimate of drug-likeness (QED) is 0.112. The Kier molecular flexibility index (Phi) is 13.0. The predicted molar refractivity (Wildman–Crippen MR) is 142 cm³/mol. The van der Waals surface area contributed by atoms with Gasteiger partial charge in [0.15, 0.2) is 10.1 Å². The highest BCUT2D eigenvalue weighted by atomic mass is 35.5. The van der Waals surface area contributed by atoms with Crippen molar-refractivity contribution in [1.29, 1.82) is 0 Å². The van der Waals surface area contributed by atoms with Gasteiger partial charge < -0.3 is 35.2 Å². The van der Waals surface area contributed by atoms with Gasteiger partial charge >= 0.3 is 7.97 Å². The lowest BCUT2D eigenvalue weighted by Crippen LogP contribution is -3.00. The molecule has 0 aromatic carbocycles. The second kappa shape index (κ2) is 14.6. The molecule has 190 valence electrons. The molecule has 2 N–H and O–H groups in total. The molecule has 2 aromatic rings. The molecule has 2 saturated heterocycles. The Morgan fingerprint density at radius 1 is 0.647 bits per heavy atom. The molecule has 6 nitrogen and oxygen atoms in total. The van der Waals surface area contributed by atoms with Gasteiger partial charge in [0, 0.05) is 35.4 Å². The summed E-state index contributed by atoms with van der Waals surface area (Å²) in [5, 5.41) is 27.2. The lowest BCUT2D eigenvalue weighted by Gasteiger charge is -2.07. The van der Waals surface area contributed by atoms with Crippen molar-refractivity contribution >= 4 is 79.0 Å². The van der Waals surface area contributed by atoms with Crippen LogP contribution in [0.15, 0.2) is 18.7 Å². The lowest BCUT2D eigenvalue weighted by atomic mass is 10.2. The highest BCUT2D eigenvalue weighted by Crippen LogP contribution is 2.35. The molecule has 2 aliphatic heterocycles. The molecule has 4 rings (SSSR count). The van der Waals surface area contributed by atoms with Gasteiger partial charge in [0.05, 0.1) is 8.42 Å². The number of piperidine rings is 2. The molecule has 0 spiro atoms. The maximum absolute atomic E-state index is 9.75. The number of oxime groups is 2. The van der Waals surface area contributed by atoms with Crippen LogP contribution in [0.2, 0.25) is 0 Å². The van der Waals surface area contributed by atoms with Crippen molar-refractivity contribution < 1.29 is 35.2 Å². The van der Waals surface area contributed by atoms with Crippen LogP contribution in [0.4, 0.5) is 0 Å². The number of hydrogen-bond acceptors (Lipinski definition) is 10. The van der Waals surface area contributed by atoms with E-state index in [0.29, 0.717) is 10.1 Å². The lowest BCUT2D eigenvalue weighted by molar-refractivity contribution is -0.001000. The van der Waals surface area contributed by atoms with Crippen molar-refractivity contribution in [3.8, 4) is 0 Å². The van der Waals surface area contributed by atoms with E-state index in [9.17, 15) is 10.4 Å². The van der Waals surface area contributed by atoms with E-state index in [0.717, 1.165) is 34.6 Å². The van der Waals surface area contributed by atoms with Crippen molar-refractivity contribution in [3.63, 3.8) is 0 Å². The first-order chi connectivity index (χ1) is 15.6. The standard InChI is InChI=1S/C20H26N4O2S6.2ClH/c1-13-17(31-19(27-13)23-9-5-3-6-10-23)29-15(21-25)16(22-26)30-18-14(2)28-20(32-18)24-11-7-4-8-12-24;;/h3-12H2,1-2H3;2*1H/b21-15-,22-16-;;. The fourth-order valence-corrected chi connectivity index (χ4v) is 11.6. The third-order valence-electron chi connectivity index (χ3n) is 5.39. The summed E-state index contributed by atoms with van der Waals surface area (Å²) >= 11 is 9.83. The van der Waals surface area contributed by atoms with Crippen LogP contribution >= 0.6 is 68.9 Å². The van der Waals surface area contributed by atoms with Crippen molar-refractivity contribution in [1.82, 2.24) is 9.15 Å². The third kappa shape index (κ3) is 7.47. The second-order valence-corrected chi connectivity index (χ2v) is 15.2. The SMILES string of the molecule is Cc1sc(=[N+]2CCCCC2)sc1SC(=N\O)/C(=N/O)Sc1sc(=[N+]2CCCCC2)sc1C.[Cl-].[Cl-]. The number of thioether (sulfide) groups is 2. The summed E-state index contributed by atoms with van der Waals surface area (Å²) in [7, 11) is 0. The smallest absolute Gasteiger partial charge is 0.315 e. The summed E-state index contributed by atoms with van der Waals surface area (Å²) < 4.78 is 9.70. The zero-order valence-electron chi connectivity index (χ0n) is 19.0. The van der Waals surface area contributed by atoms with E-state index in [-0.39, 0.29) is 24.8 Å². The summed E-state index contributed by atoms with van der Waals surface area (Å²) in [5.74, 6) is 0. The average molecular weight is 620 g/mol. The molecule has 0 radical (unpaired) electrons. The molecule has 0 unspecified atom stereocenters. The van der Waals surface area contributed by atoms with Crippen LogP contribution in [0.1, 0.15) is 48.3 Å². The Morgan fingerprint density at radius 3 is 1.32 bits per heavy atom. The molecule has 34 heavy (non-hydrogen) atoms. The molecule has 0 saturated carbocycles. The molecule has 0 aliphatic carbocycles. The molecule has 0 atom stereocenters. The molecule has 2 fully saturated rings. The van der Waals surface area contributed by atoms with Crippen molar-refractivity contribution in [2.75, 3.05) is 26.2 Å². The monoisotopic (exact) mass is 618 g/mol. The fraction of sp³-hybridized carbons (Fsp3) is 0.600. The highest BCUT2D eigenvalue weighted by molar-refractivity contribution is 8.26. The second-order valence-electron chi connectivity index (χ2n) is 7.74. The largest absolute Gasteiger partial charge is 1.00 e. The van der Waals surface area contributed by atoms with Crippen LogP contribution in [0.5, 0.6) is 0 Å². The van der Waals surface area contributed by atoms with E-state index in [4.69, 9.17) is 0 Å². The summed E-state index contributed by atoms with van der Waals surface area (Å²) in [6.45, 7) is 8.64. The zero-order chi connectivity index (χ0) is 22.5. The fourth-order valence-electron chi connectivity index (χ4n) is 3.68. The number of rotatable bonds is 2.